The van der Waals surface area contributed by atoms with Crippen LogP contribution in [0.3, 0.4) is 0 Å². The van der Waals surface area contributed by atoms with E-state index in [1.165, 1.54) is 0 Å². The summed E-state index contributed by atoms with van der Waals surface area (Å²) in [4.78, 5) is 30.9. The van der Waals surface area contributed by atoms with Gasteiger partial charge in [0.05, 0.1) is 23.5 Å². The van der Waals surface area contributed by atoms with Crippen LogP contribution >= 0.6 is 0 Å². The maximum atomic E-state index is 12.8. The number of pyridine rings is 1. The SMILES string of the molecule is Nc1ccc(-c2ccccc2)cc1NC(=O)c1ccc(N2CCC3(CC2)CNC(=O)O3)nc1. The average Bonchev–Trinajstić information content (AvgIpc) is 3.21. The number of piperidine rings is 1. The number of aromatic nitrogens is 1. The Hall–Kier alpha value is -4.07. The number of nitrogens with zero attached hydrogens (tertiary/aromatic N) is 2. The van der Waals surface area contributed by atoms with Gasteiger partial charge in [0.2, 0.25) is 0 Å². The van der Waals surface area contributed by atoms with E-state index in [0.717, 1.165) is 42.9 Å². The molecule has 2 aromatic carbocycles. The summed E-state index contributed by atoms with van der Waals surface area (Å²) < 4.78 is 5.47. The van der Waals surface area contributed by atoms with Crippen molar-refractivity contribution in [2.24, 2.45) is 0 Å². The molecule has 8 heteroatoms. The number of amides is 2. The Morgan fingerprint density at radius 3 is 2.52 bits per heavy atom. The molecule has 3 heterocycles. The number of nitrogens with two attached hydrogens (primary N) is 1. The quantitative estimate of drug-likeness (QED) is 0.531. The Morgan fingerprint density at radius 2 is 1.85 bits per heavy atom. The van der Waals surface area contributed by atoms with Gasteiger partial charge < -0.3 is 26.0 Å². The highest BCUT2D eigenvalue weighted by Crippen LogP contribution is 2.31. The van der Waals surface area contributed by atoms with Crippen LogP contribution in [-0.2, 0) is 4.74 Å². The number of carbonyl (C=O) groups is 2. The summed E-state index contributed by atoms with van der Waals surface area (Å²) in [7, 11) is 0. The van der Waals surface area contributed by atoms with Crippen LogP contribution in [0.15, 0.2) is 66.9 Å². The van der Waals surface area contributed by atoms with Gasteiger partial charge in [-0.2, -0.15) is 0 Å². The molecule has 5 rings (SSSR count). The van der Waals surface area contributed by atoms with Crippen LogP contribution in [0.5, 0.6) is 0 Å². The first-order chi connectivity index (χ1) is 16.0. The fraction of sp³-hybridized carbons (Fsp3) is 0.240. The number of nitrogens with one attached hydrogen (secondary N) is 2. The van der Waals surface area contributed by atoms with E-state index in [4.69, 9.17) is 10.5 Å². The van der Waals surface area contributed by atoms with Gasteiger partial charge in [-0.15, -0.1) is 0 Å². The molecule has 4 N–H and O–H groups in total. The Balaban J connectivity index is 1.25. The zero-order chi connectivity index (χ0) is 22.8. The van der Waals surface area contributed by atoms with Gasteiger partial charge in [-0.3, -0.25) is 4.79 Å². The number of carbonyl (C=O) groups excluding carboxylic acids is 2. The van der Waals surface area contributed by atoms with Crippen LogP contribution in [0.1, 0.15) is 23.2 Å². The standard InChI is InChI=1S/C25H25N5O3/c26-20-8-6-18(17-4-2-1-3-5-17)14-21(20)29-23(31)19-7-9-22(27-15-19)30-12-10-25(11-13-30)16-28-24(32)33-25/h1-9,14-15H,10-13,16,26H2,(H,28,32)(H,29,31). The third kappa shape index (κ3) is 4.32. The number of rotatable bonds is 4. The minimum Gasteiger partial charge on any atom is -0.441 e. The van der Waals surface area contributed by atoms with E-state index in [9.17, 15) is 9.59 Å². The lowest BCUT2D eigenvalue weighted by molar-refractivity contribution is 0.0366. The smallest absolute Gasteiger partial charge is 0.407 e. The fourth-order valence-electron chi connectivity index (χ4n) is 4.30. The lowest BCUT2D eigenvalue weighted by Gasteiger charge is -2.37. The number of ether oxygens (including phenoxy) is 1. The van der Waals surface area contributed by atoms with Crippen LogP contribution in [0.25, 0.3) is 11.1 Å². The topological polar surface area (TPSA) is 110 Å². The second-order valence-electron chi connectivity index (χ2n) is 8.44. The molecule has 0 unspecified atom stereocenters. The predicted molar refractivity (Wildman–Crippen MR) is 127 cm³/mol. The number of anilines is 3. The van der Waals surface area contributed by atoms with Gasteiger partial charge >= 0.3 is 6.09 Å². The molecule has 1 aromatic heterocycles. The zero-order valence-corrected chi connectivity index (χ0v) is 18.1. The molecule has 3 aromatic rings. The van der Waals surface area contributed by atoms with Crippen LogP contribution in [0.4, 0.5) is 22.0 Å². The lowest BCUT2D eigenvalue weighted by atomic mass is 9.91. The third-order valence-corrected chi connectivity index (χ3v) is 6.28. The Labute approximate surface area is 191 Å². The highest BCUT2D eigenvalue weighted by Gasteiger charge is 2.43. The van der Waals surface area contributed by atoms with Gasteiger partial charge in [0.1, 0.15) is 11.4 Å². The van der Waals surface area contributed by atoms with E-state index in [-0.39, 0.29) is 12.0 Å². The molecule has 0 bridgehead atoms. The number of alkyl carbamates (subject to hydrolysis) is 1. The second kappa shape index (κ2) is 8.46. The van der Waals surface area contributed by atoms with Crippen molar-refractivity contribution in [2.45, 2.75) is 18.4 Å². The summed E-state index contributed by atoms with van der Waals surface area (Å²) in [6, 6.07) is 19.1. The summed E-state index contributed by atoms with van der Waals surface area (Å²) in [5.74, 6) is 0.525. The highest BCUT2D eigenvalue weighted by molar-refractivity contribution is 6.06. The number of benzene rings is 2. The molecule has 33 heavy (non-hydrogen) atoms. The van der Waals surface area contributed by atoms with Gasteiger partial charge in [-0.1, -0.05) is 36.4 Å². The summed E-state index contributed by atoms with van der Waals surface area (Å²) in [5, 5.41) is 5.64. The molecule has 1 spiro atoms. The lowest BCUT2D eigenvalue weighted by Crippen LogP contribution is -2.46. The van der Waals surface area contributed by atoms with Gasteiger partial charge in [-0.25, -0.2) is 9.78 Å². The molecule has 2 amide bonds. The van der Waals surface area contributed by atoms with Gasteiger partial charge in [0.15, 0.2) is 0 Å². The maximum Gasteiger partial charge on any atom is 0.407 e. The molecule has 0 radical (unpaired) electrons. The number of hydrogen-bond acceptors (Lipinski definition) is 6. The molecule has 2 aliphatic heterocycles. The summed E-state index contributed by atoms with van der Waals surface area (Å²) in [6.07, 6.45) is 2.72. The number of hydrogen-bond donors (Lipinski definition) is 3. The van der Waals surface area contributed by atoms with E-state index in [0.29, 0.717) is 23.5 Å². The van der Waals surface area contributed by atoms with Crippen molar-refractivity contribution in [3.8, 4) is 11.1 Å². The van der Waals surface area contributed by atoms with Crippen LogP contribution < -0.4 is 21.3 Å². The fourth-order valence-corrected chi connectivity index (χ4v) is 4.30. The molecule has 0 saturated carbocycles. The van der Waals surface area contributed by atoms with Crippen LogP contribution in [0, 0.1) is 0 Å². The molecule has 8 nitrogen and oxygen atoms in total. The Morgan fingerprint density at radius 1 is 1.06 bits per heavy atom. The average molecular weight is 444 g/mol. The molecule has 0 aliphatic carbocycles. The van der Waals surface area contributed by atoms with Crippen molar-refractivity contribution in [1.29, 1.82) is 0 Å². The Bertz CT molecular complexity index is 1170. The molecule has 0 atom stereocenters. The van der Waals surface area contributed by atoms with Crippen molar-refractivity contribution in [3.63, 3.8) is 0 Å². The van der Waals surface area contributed by atoms with Gasteiger partial charge in [0, 0.05) is 32.1 Å². The van der Waals surface area contributed by atoms with E-state index in [1.54, 1.807) is 18.3 Å². The van der Waals surface area contributed by atoms with Crippen molar-refractivity contribution >= 4 is 29.2 Å². The first-order valence-electron chi connectivity index (χ1n) is 11.0. The molecule has 168 valence electrons. The van der Waals surface area contributed by atoms with Crippen LogP contribution in [0.2, 0.25) is 0 Å². The van der Waals surface area contributed by atoms with E-state index < -0.39 is 5.60 Å². The first-order valence-corrected chi connectivity index (χ1v) is 11.0. The van der Waals surface area contributed by atoms with E-state index >= 15 is 0 Å². The van der Waals surface area contributed by atoms with Gasteiger partial charge in [0.25, 0.3) is 5.91 Å². The highest BCUT2D eigenvalue weighted by atomic mass is 16.6. The zero-order valence-electron chi connectivity index (χ0n) is 18.1. The predicted octanol–water partition coefficient (Wildman–Crippen LogP) is 3.66. The molecule has 2 aliphatic rings. The second-order valence-corrected chi connectivity index (χ2v) is 8.44. The van der Waals surface area contributed by atoms with Crippen molar-refractivity contribution in [2.75, 3.05) is 35.6 Å². The van der Waals surface area contributed by atoms with Crippen molar-refractivity contribution < 1.29 is 14.3 Å². The summed E-state index contributed by atoms with van der Waals surface area (Å²) in [5.41, 5.74) is 9.23. The largest absolute Gasteiger partial charge is 0.441 e. The van der Waals surface area contributed by atoms with Crippen LogP contribution in [-0.4, -0.2) is 42.2 Å². The molecule has 2 saturated heterocycles. The van der Waals surface area contributed by atoms with Crippen molar-refractivity contribution in [1.82, 2.24) is 10.3 Å². The third-order valence-electron chi connectivity index (χ3n) is 6.28. The summed E-state index contributed by atoms with van der Waals surface area (Å²) in [6.45, 7) is 2.02. The number of nitrogen functional groups attached to an aromatic ring is 1. The maximum absolute atomic E-state index is 12.8. The molecular weight excluding hydrogens is 418 g/mol. The first kappa shape index (κ1) is 20.8. The van der Waals surface area contributed by atoms with Crippen molar-refractivity contribution in [3.05, 3.63) is 72.4 Å². The monoisotopic (exact) mass is 443 g/mol. The molecule has 2 fully saturated rings. The van der Waals surface area contributed by atoms with Gasteiger partial charge in [-0.05, 0) is 35.4 Å². The van der Waals surface area contributed by atoms with E-state index in [1.807, 2.05) is 48.5 Å². The van der Waals surface area contributed by atoms with E-state index in [2.05, 4.69) is 20.5 Å². The molecular formula is C25H25N5O3. The minimum absolute atomic E-state index is 0.271. The minimum atomic E-state index is -0.401. The Kier molecular flexibility index (Phi) is 5.34. The summed E-state index contributed by atoms with van der Waals surface area (Å²) >= 11 is 0. The normalized spacial score (nSPS) is 16.8.